The first-order valence-electron chi connectivity index (χ1n) is 8.82. The Kier molecular flexibility index (Phi) is 5.49. The summed E-state index contributed by atoms with van der Waals surface area (Å²) in [6.45, 7) is 0. The number of aliphatic carboxylic acids is 1. The number of rotatable bonds is 7. The van der Waals surface area contributed by atoms with E-state index in [2.05, 4.69) is 10.3 Å². The molecule has 1 amide bonds. The fourth-order valence-corrected chi connectivity index (χ4v) is 3.15. The lowest BCUT2D eigenvalue weighted by atomic mass is 10.0. The lowest BCUT2D eigenvalue weighted by molar-refractivity contribution is -0.384. The first kappa shape index (κ1) is 19.9. The number of aromatic nitrogens is 1. The second-order valence-electron chi connectivity index (χ2n) is 6.78. The maximum absolute atomic E-state index is 12.6. The molecule has 0 aliphatic rings. The number of nitrogens with zero attached hydrogens (tertiary/aromatic N) is 2. The molecule has 29 heavy (non-hydrogen) atoms. The molecule has 0 saturated carbocycles. The summed E-state index contributed by atoms with van der Waals surface area (Å²) in [4.78, 5) is 39.7. The van der Waals surface area contributed by atoms with Gasteiger partial charge in [0.25, 0.3) is 11.6 Å². The Bertz CT molecular complexity index is 1090. The molecule has 9 heteroatoms. The van der Waals surface area contributed by atoms with Gasteiger partial charge in [0.1, 0.15) is 11.7 Å². The smallest absolute Gasteiger partial charge is 0.326 e. The molecule has 0 radical (unpaired) electrons. The van der Waals surface area contributed by atoms with Gasteiger partial charge in [-0.25, -0.2) is 4.79 Å². The number of H-pyrrole nitrogens is 1. The molecule has 1 heterocycles. The molecule has 3 rings (SSSR count). The third kappa shape index (κ3) is 4.18. The molecule has 3 aromatic rings. The van der Waals surface area contributed by atoms with Crippen molar-refractivity contribution >= 4 is 34.2 Å². The Hall–Kier alpha value is -3.88. The second kappa shape index (κ2) is 8.01. The Morgan fingerprint density at radius 2 is 1.97 bits per heavy atom. The van der Waals surface area contributed by atoms with Crippen molar-refractivity contribution in [3.05, 3.63) is 69.9 Å². The summed E-state index contributed by atoms with van der Waals surface area (Å²) in [5.74, 6) is -1.88. The van der Waals surface area contributed by atoms with Crippen molar-refractivity contribution in [2.24, 2.45) is 0 Å². The molecule has 0 bridgehead atoms. The molecule has 0 fully saturated rings. The second-order valence-corrected chi connectivity index (χ2v) is 6.78. The number of aromatic amines is 1. The molecule has 1 atom stereocenters. The zero-order valence-electron chi connectivity index (χ0n) is 15.9. The Balaban J connectivity index is 1.84. The number of nitro benzene ring substituents is 1. The van der Waals surface area contributed by atoms with E-state index in [9.17, 15) is 24.8 Å². The van der Waals surface area contributed by atoms with Crippen molar-refractivity contribution in [1.82, 2.24) is 10.3 Å². The Morgan fingerprint density at radius 3 is 2.62 bits per heavy atom. The van der Waals surface area contributed by atoms with E-state index < -0.39 is 22.8 Å². The van der Waals surface area contributed by atoms with Gasteiger partial charge in [0.05, 0.1) is 4.92 Å². The summed E-state index contributed by atoms with van der Waals surface area (Å²) in [5, 5.41) is 24.2. The van der Waals surface area contributed by atoms with Crippen LogP contribution in [0.3, 0.4) is 0 Å². The number of carbonyl (C=O) groups is 2. The minimum Gasteiger partial charge on any atom is -0.480 e. The van der Waals surface area contributed by atoms with E-state index in [1.165, 1.54) is 12.1 Å². The average Bonchev–Trinajstić information content (AvgIpc) is 3.09. The van der Waals surface area contributed by atoms with Gasteiger partial charge in [0.15, 0.2) is 0 Å². The maximum Gasteiger partial charge on any atom is 0.326 e. The van der Waals surface area contributed by atoms with Crippen LogP contribution >= 0.6 is 0 Å². The van der Waals surface area contributed by atoms with Gasteiger partial charge < -0.3 is 20.3 Å². The van der Waals surface area contributed by atoms with Crippen LogP contribution in [-0.4, -0.2) is 47.0 Å². The van der Waals surface area contributed by atoms with Crippen molar-refractivity contribution in [2.45, 2.75) is 12.5 Å². The topological polar surface area (TPSA) is 129 Å². The van der Waals surface area contributed by atoms with Crippen LogP contribution in [-0.2, 0) is 11.2 Å². The van der Waals surface area contributed by atoms with Crippen molar-refractivity contribution in [1.29, 1.82) is 0 Å². The molecule has 1 aromatic heterocycles. The number of hydrogen-bond donors (Lipinski definition) is 3. The van der Waals surface area contributed by atoms with Crippen molar-refractivity contribution in [2.75, 3.05) is 19.0 Å². The normalized spacial score (nSPS) is 11.8. The largest absolute Gasteiger partial charge is 0.480 e. The van der Waals surface area contributed by atoms with E-state index >= 15 is 0 Å². The minimum absolute atomic E-state index is 0.0208. The van der Waals surface area contributed by atoms with Crippen LogP contribution in [0.25, 0.3) is 10.9 Å². The fourth-order valence-electron chi connectivity index (χ4n) is 3.15. The Labute approximate surface area is 166 Å². The van der Waals surface area contributed by atoms with Gasteiger partial charge in [-0.1, -0.05) is 18.2 Å². The molecule has 0 aliphatic heterocycles. The number of nitrogens with one attached hydrogen (secondary N) is 2. The molecule has 150 valence electrons. The van der Waals surface area contributed by atoms with Gasteiger partial charge in [-0.05, 0) is 23.8 Å². The minimum atomic E-state index is -1.19. The highest BCUT2D eigenvalue weighted by molar-refractivity contribution is 5.98. The third-order valence-corrected chi connectivity index (χ3v) is 4.62. The van der Waals surface area contributed by atoms with E-state index in [1.807, 2.05) is 24.3 Å². The van der Waals surface area contributed by atoms with Gasteiger partial charge in [-0.15, -0.1) is 0 Å². The van der Waals surface area contributed by atoms with Crippen LogP contribution in [0, 0.1) is 10.1 Å². The number of carbonyl (C=O) groups excluding carboxylic acids is 1. The molecular weight excluding hydrogens is 376 g/mol. The predicted octanol–water partition coefficient (Wildman–Crippen LogP) is 2.57. The number of para-hydroxylation sites is 1. The van der Waals surface area contributed by atoms with Gasteiger partial charge in [-0.2, -0.15) is 0 Å². The van der Waals surface area contributed by atoms with Crippen molar-refractivity contribution in [3.8, 4) is 0 Å². The van der Waals surface area contributed by atoms with E-state index in [0.29, 0.717) is 5.69 Å². The third-order valence-electron chi connectivity index (χ3n) is 4.62. The number of hydrogen-bond acceptors (Lipinski definition) is 5. The molecule has 0 saturated heterocycles. The summed E-state index contributed by atoms with van der Waals surface area (Å²) < 4.78 is 0. The standard InChI is InChI=1S/C20H20N4O5/c1-23(2)17-8-7-12(10-18(17)24(28)29)19(25)22-16(20(26)27)9-13-11-21-15-6-4-3-5-14(13)15/h3-8,10-11,16,21H,9H2,1-2H3,(H,22,25)(H,26,27)/t16-/m0/s1. The molecule has 2 aromatic carbocycles. The summed E-state index contributed by atoms with van der Waals surface area (Å²) >= 11 is 0. The zero-order valence-corrected chi connectivity index (χ0v) is 15.9. The quantitative estimate of drug-likeness (QED) is 0.416. The molecule has 3 N–H and O–H groups in total. The van der Waals surface area contributed by atoms with E-state index in [4.69, 9.17) is 0 Å². The molecular formula is C20H20N4O5. The van der Waals surface area contributed by atoms with Crippen LogP contribution in [0.15, 0.2) is 48.7 Å². The van der Waals surface area contributed by atoms with E-state index in [1.54, 1.807) is 25.2 Å². The summed E-state index contributed by atoms with van der Waals surface area (Å²) in [7, 11) is 3.31. The number of benzene rings is 2. The Morgan fingerprint density at radius 1 is 1.24 bits per heavy atom. The van der Waals surface area contributed by atoms with Crippen molar-refractivity contribution < 1.29 is 19.6 Å². The number of amides is 1. The molecule has 0 aliphatic carbocycles. The van der Waals surface area contributed by atoms with Gasteiger partial charge in [-0.3, -0.25) is 14.9 Å². The summed E-state index contributed by atoms with van der Waals surface area (Å²) in [6, 6.07) is 10.3. The van der Waals surface area contributed by atoms with Crippen LogP contribution in [0.2, 0.25) is 0 Å². The number of carboxylic acid groups (broad SMARTS) is 1. The monoisotopic (exact) mass is 396 g/mol. The molecule has 9 nitrogen and oxygen atoms in total. The predicted molar refractivity (Wildman–Crippen MR) is 108 cm³/mol. The van der Waals surface area contributed by atoms with Crippen molar-refractivity contribution in [3.63, 3.8) is 0 Å². The number of fused-ring (bicyclic) bond motifs is 1. The highest BCUT2D eigenvalue weighted by Crippen LogP contribution is 2.27. The highest BCUT2D eigenvalue weighted by Gasteiger charge is 2.24. The SMILES string of the molecule is CN(C)c1ccc(C(=O)N[C@@H](Cc2c[nH]c3ccccc23)C(=O)O)cc1[N+](=O)[O-]. The number of nitro groups is 1. The zero-order chi connectivity index (χ0) is 21.1. The molecule has 0 spiro atoms. The van der Waals surface area contributed by atoms with Gasteiger partial charge in [0.2, 0.25) is 0 Å². The summed E-state index contributed by atoms with van der Waals surface area (Å²) in [5.41, 5.74) is 1.76. The maximum atomic E-state index is 12.6. The van der Waals surface area contributed by atoms with Crippen LogP contribution in [0.1, 0.15) is 15.9 Å². The first-order valence-corrected chi connectivity index (χ1v) is 8.82. The van der Waals surface area contributed by atoms with E-state index in [0.717, 1.165) is 22.5 Å². The highest BCUT2D eigenvalue weighted by atomic mass is 16.6. The van der Waals surface area contributed by atoms with Crippen LogP contribution in [0.4, 0.5) is 11.4 Å². The van der Waals surface area contributed by atoms with Gasteiger partial charge >= 0.3 is 5.97 Å². The average molecular weight is 396 g/mol. The fraction of sp³-hybridized carbons (Fsp3) is 0.200. The number of carboxylic acids is 1. The van der Waals surface area contributed by atoms with Gasteiger partial charge in [0, 0.05) is 49.2 Å². The van der Waals surface area contributed by atoms with Crippen LogP contribution in [0.5, 0.6) is 0 Å². The number of anilines is 1. The van der Waals surface area contributed by atoms with Crippen LogP contribution < -0.4 is 10.2 Å². The summed E-state index contributed by atoms with van der Waals surface area (Å²) in [6.07, 6.45) is 1.78. The first-order chi connectivity index (χ1) is 13.8. The lowest BCUT2D eigenvalue weighted by Gasteiger charge is -2.16. The lowest BCUT2D eigenvalue weighted by Crippen LogP contribution is -2.42. The molecule has 0 unspecified atom stereocenters. The van der Waals surface area contributed by atoms with E-state index in [-0.39, 0.29) is 17.7 Å².